The molecule has 1 atom stereocenters. The zero-order valence-corrected chi connectivity index (χ0v) is 11.2. The number of rotatable bonds is 4. The van der Waals surface area contributed by atoms with E-state index in [2.05, 4.69) is 0 Å². The standard InChI is InChI=1S/C11H19BN2O4/c1-5-18-11(16)9-6-8(7-13(3)4)10(15)14(9)12(2)17/h7,9,17H,5-6H2,1-4H3/t9-/m1/s1. The molecule has 1 rings (SSSR count). The monoisotopic (exact) mass is 254 g/mol. The van der Waals surface area contributed by atoms with Crippen molar-refractivity contribution in [1.82, 2.24) is 9.71 Å². The lowest BCUT2D eigenvalue weighted by Crippen LogP contribution is -2.47. The smallest absolute Gasteiger partial charge is 0.412 e. The largest absolute Gasteiger partial charge is 0.464 e. The SMILES string of the molecule is CCOC(=O)[C@H]1CC(=CN(C)C)C(=O)N1B(C)O. The summed E-state index contributed by atoms with van der Waals surface area (Å²) in [5.74, 6) is -0.800. The van der Waals surface area contributed by atoms with Crippen LogP contribution in [0.1, 0.15) is 13.3 Å². The minimum atomic E-state index is -1.01. The van der Waals surface area contributed by atoms with E-state index in [0.29, 0.717) is 5.57 Å². The van der Waals surface area contributed by atoms with E-state index in [9.17, 15) is 14.6 Å². The van der Waals surface area contributed by atoms with Crippen molar-refractivity contribution in [2.45, 2.75) is 26.2 Å². The number of hydrogen-bond acceptors (Lipinski definition) is 5. The van der Waals surface area contributed by atoms with Gasteiger partial charge in [0.05, 0.1) is 6.61 Å². The Labute approximate surface area is 107 Å². The van der Waals surface area contributed by atoms with Crippen molar-refractivity contribution in [1.29, 1.82) is 0 Å². The molecule has 1 saturated heterocycles. The van der Waals surface area contributed by atoms with Crippen LogP contribution < -0.4 is 0 Å². The minimum absolute atomic E-state index is 0.254. The molecule has 6 nitrogen and oxygen atoms in total. The highest BCUT2D eigenvalue weighted by molar-refractivity contribution is 6.50. The van der Waals surface area contributed by atoms with E-state index in [4.69, 9.17) is 4.74 Å². The van der Waals surface area contributed by atoms with Crippen LogP contribution in [0.5, 0.6) is 0 Å². The fourth-order valence-corrected chi connectivity index (χ4v) is 1.99. The molecule has 0 spiro atoms. The van der Waals surface area contributed by atoms with Crippen molar-refractivity contribution in [3.05, 3.63) is 11.8 Å². The maximum atomic E-state index is 12.1. The Morgan fingerprint density at radius 1 is 1.67 bits per heavy atom. The van der Waals surface area contributed by atoms with E-state index in [0.717, 1.165) is 4.81 Å². The first-order valence-electron chi connectivity index (χ1n) is 5.93. The van der Waals surface area contributed by atoms with Gasteiger partial charge in [0.25, 0.3) is 0 Å². The summed E-state index contributed by atoms with van der Waals surface area (Å²) in [6.07, 6.45) is 1.93. The number of amides is 1. The molecule has 7 heteroatoms. The van der Waals surface area contributed by atoms with Gasteiger partial charge in [0.15, 0.2) is 0 Å². The normalized spacial score (nSPS) is 21.4. The molecule has 100 valence electrons. The molecule has 0 aromatic carbocycles. The van der Waals surface area contributed by atoms with Crippen LogP contribution in [0.3, 0.4) is 0 Å². The maximum absolute atomic E-state index is 12.1. The zero-order valence-electron chi connectivity index (χ0n) is 11.2. The van der Waals surface area contributed by atoms with E-state index in [-0.39, 0.29) is 18.9 Å². The van der Waals surface area contributed by atoms with E-state index >= 15 is 0 Å². The number of hydrogen-bond donors (Lipinski definition) is 1. The first-order chi connectivity index (χ1) is 8.38. The van der Waals surface area contributed by atoms with Crippen molar-refractivity contribution in [3.63, 3.8) is 0 Å². The average molecular weight is 254 g/mol. The van der Waals surface area contributed by atoms with Gasteiger partial charge in [-0.15, -0.1) is 0 Å². The van der Waals surface area contributed by atoms with Crippen LogP contribution >= 0.6 is 0 Å². The molecule has 1 heterocycles. The van der Waals surface area contributed by atoms with E-state index in [1.54, 1.807) is 32.1 Å². The molecule has 0 unspecified atom stereocenters. The number of carbonyl (C=O) groups excluding carboxylic acids is 2. The lowest BCUT2D eigenvalue weighted by molar-refractivity contribution is -0.149. The van der Waals surface area contributed by atoms with Crippen molar-refractivity contribution in [3.8, 4) is 0 Å². The van der Waals surface area contributed by atoms with Crippen LogP contribution in [0, 0.1) is 0 Å². The van der Waals surface area contributed by atoms with Gasteiger partial charge >= 0.3 is 13.0 Å². The Morgan fingerprint density at radius 2 is 2.28 bits per heavy atom. The van der Waals surface area contributed by atoms with E-state index in [1.165, 1.54) is 6.82 Å². The van der Waals surface area contributed by atoms with Gasteiger partial charge in [0, 0.05) is 32.3 Å². The Bertz CT molecular complexity index is 368. The molecular formula is C11H19BN2O4. The van der Waals surface area contributed by atoms with Crippen LogP contribution in [0.25, 0.3) is 0 Å². The number of carbonyl (C=O) groups is 2. The van der Waals surface area contributed by atoms with Gasteiger partial charge in [0.1, 0.15) is 6.04 Å². The molecular weight excluding hydrogens is 235 g/mol. The van der Waals surface area contributed by atoms with Crippen LogP contribution in [-0.2, 0) is 14.3 Å². The first-order valence-corrected chi connectivity index (χ1v) is 5.93. The zero-order chi connectivity index (χ0) is 13.9. The van der Waals surface area contributed by atoms with Gasteiger partial charge in [-0.2, -0.15) is 0 Å². The Balaban J connectivity index is 2.97. The maximum Gasteiger partial charge on any atom is 0.412 e. The Morgan fingerprint density at radius 3 is 2.72 bits per heavy atom. The number of esters is 1. The summed E-state index contributed by atoms with van der Waals surface area (Å²) in [6, 6.07) is -0.733. The van der Waals surface area contributed by atoms with Crippen LogP contribution in [-0.4, -0.2) is 60.4 Å². The van der Waals surface area contributed by atoms with Gasteiger partial charge in [-0.25, -0.2) is 4.79 Å². The minimum Gasteiger partial charge on any atom is -0.464 e. The van der Waals surface area contributed by atoms with Crippen molar-refractivity contribution >= 4 is 18.9 Å². The molecule has 0 aromatic rings. The summed E-state index contributed by atoms with van der Waals surface area (Å²) in [6.45, 7) is 3.42. The first kappa shape index (κ1) is 14.6. The molecule has 0 saturated carbocycles. The lowest BCUT2D eigenvalue weighted by atomic mass is 9.84. The van der Waals surface area contributed by atoms with Crippen LogP contribution in [0.2, 0.25) is 6.82 Å². The fraction of sp³-hybridized carbons (Fsp3) is 0.636. The van der Waals surface area contributed by atoms with Gasteiger partial charge < -0.3 is 19.5 Å². The fourth-order valence-electron chi connectivity index (χ4n) is 1.99. The highest BCUT2D eigenvalue weighted by Gasteiger charge is 2.43. The molecule has 1 fully saturated rings. The third kappa shape index (κ3) is 3.04. The summed E-state index contributed by atoms with van der Waals surface area (Å²) in [5, 5.41) is 9.62. The molecule has 0 bridgehead atoms. The molecule has 0 aromatic heterocycles. The molecule has 1 N–H and O–H groups in total. The summed E-state index contributed by atoms with van der Waals surface area (Å²) >= 11 is 0. The highest BCUT2D eigenvalue weighted by atomic mass is 16.5. The van der Waals surface area contributed by atoms with Gasteiger partial charge in [-0.3, -0.25) is 4.79 Å². The predicted octanol–water partition coefficient (Wildman–Crippen LogP) is -0.294. The molecule has 1 aliphatic rings. The quantitative estimate of drug-likeness (QED) is 0.424. The third-order valence-electron chi connectivity index (χ3n) is 2.63. The third-order valence-corrected chi connectivity index (χ3v) is 2.63. The second-order valence-electron chi connectivity index (χ2n) is 4.43. The van der Waals surface area contributed by atoms with Gasteiger partial charge in [0.2, 0.25) is 5.91 Å². The molecule has 0 aliphatic carbocycles. The van der Waals surface area contributed by atoms with Crippen molar-refractivity contribution in [2.75, 3.05) is 20.7 Å². The van der Waals surface area contributed by atoms with Crippen LogP contribution in [0.15, 0.2) is 11.8 Å². The summed E-state index contributed by atoms with van der Waals surface area (Å²) in [4.78, 5) is 26.7. The van der Waals surface area contributed by atoms with Crippen molar-refractivity contribution in [2.24, 2.45) is 0 Å². The highest BCUT2D eigenvalue weighted by Crippen LogP contribution is 2.26. The average Bonchev–Trinajstić information content (AvgIpc) is 2.56. The predicted molar refractivity (Wildman–Crippen MR) is 67.5 cm³/mol. The summed E-state index contributed by atoms with van der Waals surface area (Å²) in [7, 11) is 2.58. The summed E-state index contributed by atoms with van der Waals surface area (Å²) in [5.41, 5.74) is 0.499. The number of nitrogens with zero attached hydrogens (tertiary/aromatic N) is 2. The van der Waals surface area contributed by atoms with Gasteiger partial charge in [-0.05, 0) is 13.7 Å². The Hall–Kier alpha value is -1.50. The van der Waals surface area contributed by atoms with Crippen molar-refractivity contribution < 1.29 is 19.3 Å². The molecule has 1 amide bonds. The van der Waals surface area contributed by atoms with E-state index in [1.807, 2.05) is 0 Å². The topological polar surface area (TPSA) is 70.1 Å². The lowest BCUT2D eigenvalue weighted by Gasteiger charge is -2.23. The second-order valence-corrected chi connectivity index (χ2v) is 4.43. The number of ether oxygens (including phenoxy) is 1. The Kier molecular flexibility index (Phi) is 4.78. The molecule has 1 aliphatic heterocycles. The molecule has 0 radical (unpaired) electrons. The van der Waals surface area contributed by atoms with Crippen LogP contribution in [0.4, 0.5) is 0 Å². The second kappa shape index (κ2) is 5.90. The molecule has 18 heavy (non-hydrogen) atoms. The van der Waals surface area contributed by atoms with Gasteiger partial charge in [-0.1, -0.05) is 0 Å². The summed E-state index contributed by atoms with van der Waals surface area (Å²) < 4.78 is 4.92. The van der Waals surface area contributed by atoms with E-state index < -0.39 is 19.1 Å².